The van der Waals surface area contributed by atoms with Crippen molar-refractivity contribution in [2.24, 2.45) is 4.99 Å². The summed E-state index contributed by atoms with van der Waals surface area (Å²) < 4.78 is 0. The Bertz CT molecular complexity index is 742. The fourth-order valence-electron chi connectivity index (χ4n) is 3.00. The van der Waals surface area contributed by atoms with Crippen molar-refractivity contribution in [2.75, 3.05) is 13.1 Å². The van der Waals surface area contributed by atoms with E-state index in [0.29, 0.717) is 13.0 Å². The molecule has 2 aromatic rings. The number of aromatic nitrogens is 1. The number of pyridine rings is 1. The highest BCUT2D eigenvalue weighted by Crippen LogP contribution is 2.28. The number of carbonyl (C=O) groups excluding carboxylic acids is 1. The minimum atomic E-state index is 0.0659. The molecule has 1 aromatic carbocycles. The van der Waals surface area contributed by atoms with E-state index >= 15 is 0 Å². The van der Waals surface area contributed by atoms with E-state index in [1.54, 1.807) is 0 Å². The average molecular weight is 336 g/mol. The third-order valence-electron chi connectivity index (χ3n) is 4.35. The molecule has 0 aliphatic carbocycles. The van der Waals surface area contributed by atoms with Gasteiger partial charge in [0.25, 0.3) is 0 Å². The molecule has 0 spiro atoms. The van der Waals surface area contributed by atoms with E-state index < -0.39 is 0 Å². The number of hydrogen-bond acceptors (Lipinski definition) is 4. The molecule has 0 saturated heterocycles. The van der Waals surface area contributed by atoms with E-state index in [1.807, 2.05) is 37.4 Å². The summed E-state index contributed by atoms with van der Waals surface area (Å²) in [5.41, 5.74) is 3.33. The lowest BCUT2D eigenvalue weighted by Crippen LogP contribution is -2.22. The van der Waals surface area contributed by atoms with E-state index in [4.69, 9.17) is 0 Å². The van der Waals surface area contributed by atoms with Crippen LogP contribution in [0.4, 0.5) is 0 Å². The Balaban J connectivity index is 1.83. The Morgan fingerprint density at radius 3 is 2.92 bits per heavy atom. The SMILES string of the molecule is CCC(=O)NCc1cccc(C(CC2=NCCN2)c2ccccn2)c1. The van der Waals surface area contributed by atoms with Crippen molar-refractivity contribution >= 4 is 11.7 Å². The van der Waals surface area contributed by atoms with Gasteiger partial charge in [0, 0.05) is 43.7 Å². The zero-order chi connectivity index (χ0) is 17.5. The molecule has 3 rings (SSSR count). The highest BCUT2D eigenvalue weighted by molar-refractivity contribution is 5.84. The van der Waals surface area contributed by atoms with Crippen molar-refractivity contribution in [2.45, 2.75) is 32.2 Å². The van der Waals surface area contributed by atoms with Gasteiger partial charge >= 0.3 is 0 Å². The zero-order valence-corrected chi connectivity index (χ0v) is 14.5. The van der Waals surface area contributed by atoms with Gasteiger partial charge in [-0.3, -0.25) is 14.8 Å². The molecule has 5 nitrogen and oxygen atoms in total. The van der Waals surface area contributed by atoms with Gasteiger partial charge in [-0.05, 0) is 23.3 Å². The summed E-state index contributed by atoms with van der Waals surface area (Å²) in [6.07, 6.45) is 3.14. The quantitative estimate of drug-likeness (QED) is 0.817. The first-order valence-corrected chi connectivity index (χ1v) is 8.80. The average Bonchev–Trinajstić information content (AvgIpc) is 3.18. The van der Waals surface area contributed by atoms with E-state index in [0.717, 1.165) is 36.6 Å². The second-order valence-corrected chi connectivity index (χ2v) is 6.14. The van der Waals surface area contributed by atoms with Crippen LogP contribution < -0.4 is 10.6 Å². The minimum Gasteiger partial charge on any atom is -0.372 e. The van der Waals surface area contributed by atoms with Crippen LogP contribution in [0.3, 0.4) is 0 Å². The van der Waals surface area contributed by atoms with Crippen molar-refractivity contribution in [1.82, 2.24) is 15.6 Å². The van der Waals surface area contributed by atoms with E-state index in [2.05, 4.69) is 38.8 Å². The molecule has 2 N–H and O–H groups in total. The lowest BCUT2D eigenvalue weighted by Gasteiger charge is -2.18. The Morgan fingerprint density at radius 1 is 1.28 bits per heavy atom. The predicted molar refractivity (Wildman–Crippen MR) is 99.6 cm³/mol. The van der Waals surface area contributed by atoms with Crippen LogP contribution in [0.5, 0.6) is 0 Å². The van der Waals surface area contributed by atoms with Crippen LogP contribution in [0.2, 0.25) is 0 Å². The molecule has 25 heavy (non-hydrogen) atoms. The van der Waals surface area contributed by atoms with Gasteiger partial charge in [0.2, 0.25) is 5.91 Å². The number of benzene rings is 1. The van der Waals surface area contributed by atoms with Gasteiger partial charge in [0.1, 0.15) is 0 Å². The summed E-state index contributed by atoms with van der Waals surface area (Å²) in [7, 11) is 0. The van der Waals surface area contributed by atoms with E-state index in [-0.39, 0.29) is 11.8 Å². The molecule has 0 bridgehead atoms. The molecule has 0 fully saturated rings. The molecule has 2 heterocycles. The smallest absolute Gasteiger partial charge is 0.219 e. The Labute approximate surface area is 148 Å². The van der Waals surface area contributed by atoms with Crippen molar-refractivity contribution in [1.29, 1.82) is 0 Å². The standard InChI is InChI=1S/C20H24N4O/c1-2-20(25)24-14-15-6-5-7-16(12-15)17(13-19-22-10-11-23-19)18-8-3-4-9-21-18/h3-9,12,17H,2,10-11,13-14H2,1H3,(H,22,23)(H,24,25). The van der Waals surface area contributed by atoms with Gasteiger partial charge in [0.15, 0.2) is 0 Å². The second kappa shape index (κ2) is 8.42. The molecule has 5 heteroatoms. The van der Waals surface area contributed by atoms with Crippen LogP contribution in [0.1, 0.15) is 42.5 Å². The molecule has 1 aliphatic rings. The molecular weight excluding hydrogens is 312 g/mol. The molecule has 0 saturated carbocycles. The zero-order valence-electron chi connectivity index (χ0n) is 14.5. The first-order chi connectivity index (χ1) is 12.3. The monoisotopic (exact) mass is 336 g/mol. The van der Waals surface area contributed by atoms with Crippen LogP contribution in [-0.2, 0) is 11.3 Å². The molecule has 0 radical (unpaired) electrons. The first kappa shape index (κ1) is 17.1. The topological polar surface area (TPSA) is 66.4 Å². The lowest BCUT2D eigenvalue weighted by molar-refractivity contribution is -0.120. The summed E-state index contributed by atoms with van der Waals surface area (Å²) in [4.78, 5) is 20.6. The van der Waals surface area contributed by atoms with Gasteiger partial charge < -0.3 is 10.6 Å². The maximum atomic E-state index is 11.5. The van der Waals surface area contributed by atoms with Crippen LogP contribution in [-0.4, -0.2) is 29.8 Å². The first-order valence-electron chi connectivity index (χ1n) is 8.80. The lowest BCUT2D eigenvalue weighted by atomic mass is 9.90. The van der Waals surface area contributed by atoms with Crippen LogP contribution >= 0.6 is 0 Å². The largest absolute Gasteiger partial charge is 0.372 e. The Morgan fingerprint density at radius 2 is 2.20 bits per heavy atom. The molecule has 130 valence electrons. The fraction of sp³-hybridized carbons (Fsp3) is 0.350. The summed E-state index contributed by atoms with van der Waals surface area (Å²) in [6, 6.07) is 14.4. The van der Waals surface area contributed by atoms with Gasteiger partial charge in [-0.15, -0.1) is 0 Å². The normalized spacial score (nSPS) is 14.5. The molecular formula is C20H24N4O. The molecule has 1 atom stereocenters. The Kier molecular flexibility index (Phi) is 5.77. The summed E-state index contributed by atoms with van der Waals surface area (Å²) in [5, 5.41) is 6.29. The third kappa shape index (κ3) is 4.66. The molecule has 1 aliphatic heterocycles. The highest BCUT2D eigenvalue weighted by atomic mass is 16.1. The maximum Gasteiger partial charge on any atom is 0.219 e. The van der Waals surface area contributed by atoms with E-state index in [1.165, 1.54) is 5.56 Å². The van der Waals surface area contributed by atoms with Crippen LogP contribution in [0.15, 0.2) is 53.7 Å². The number of nitrogens with one attached hydrogen (secondary N) is 2. The number of carbonyl (C=O) groups is 1. The van der Waals surface area contributed by atoms with Gasteiger partial charge in [0.05, 0.1) is 12.4 Å². The molecule has 1 aromatic heterocycles. The van der Waals surface area contributed by atoms with Crippen LogP contribution in [0, 0.1) is 0 Å². The number of nitrogens with zero attached hydrogens (tertiary/aromatic N) is 2. The third-order valence-corrected chi connectivity index (χ3v) is 4.35. The van der Waals surface area contributed by atoms with Gasteiger partial charge in [-0.25, -0.2) is 0 Å². The number of hydrogen-bond donors (Lipinski definition) is 2. The van der Waals surface area contributed by atoms with Gasteiger partial charge in [-0.1, -0.05) is 37.3 Å². The molecule has 1 unspecified atom stereocenters. The summed E-state index contributed by atoms with van der Waals surface area (Å²) >= 11 is 0. The number of aliphatic imine (C=N–C) groups is 1. The number of amidine groups is 1. The number of rotatable bonds is 7. The maximum absolute atomic E-state index is 11.5. The van der Waals surface area contributed by atoms with Crippen molar-refractivity contribution in [3.05, 3.63) is 65.5 Å². The van der Waals surface area contributed by atoms with E-state index in [9.17, 15) is 4.79 Å². The summed E-state index contributed by atoms with van der Waals surface area (Å²) in [6.45, 7) is 4.16. The highest BCUT2D eigenvalue weighted by Gasteiger charge is 2.20. The molecule has 1 amide bonds. The van der Waals surface area contributed by atoms with Crippen molar-refractivity contribution < 1.29 is 4.79 Å². The predicted octanol–water partition coefficient (Wildman–Crippen LogP) is 2.63. The van der Waals surface area contributed by atoms with Gasteiger partial charge in [-0.2, -0.15) is 0 Å². The minimum absolute atomic E-state index is 0.0659. The van der Waals surface area contributed by atoms with Crippen LogP contribution in [0.25, 0.3) is 0 Å². The number of amides is 1. The summed E-state index contributed by atoms with van der Waals surface area (Å²) in [5.74, 6) is 1.25. The second-order valence-electron chi connectivity index (χ2n) is 6.14. The fourth-order valence-corrected chi connectivity index (χ4v) is 3.00. The van der Waals surface area contributed by atoms with Crippen molar-refractivity contribution in [3.8, 4) is 0 Å². The van der Waals surface area contributed by atoms with Crippen molar-refractivity contribution in [3.63, 3.8) is 0 Å². The Hall–Kier alpha value is -2.69.